The number of para-hydroxylation sites is 3. The van der Waals surface area contributed by atoms with Crippen LogP contribution in [0, 0.1) is 0 Å². The molecule has 0 aliphatic rings. The Morgan fingerprint density at radius 2 is 0.778 bits per heavy atom. The second-order valence-corrected chi connectivity index (χ2v) is 16.4. The molecule has 0 atom stereocenters. The highest BCUT2D eigenvalue weighted by molar-refractivity contribution is 6.38. The molecule has 0 spiro atoms. The van der Waals surface area contributed by atoms with Crippen LogP contribution in [0.4, 0.5) is 34.1 Å². The quantitative estimate of drug-likeness (QED) is 0.118. The number of furan rings is 1. The van der Waals surface area contributed by atoms with Crippen LogP contribution in [-0.4, -0.2) is 0 Å². The summed E-state index contributed by atoms with van der Waals surface area (Å²) in [5.41, 5.74) is 10.6. The minimum Gasteiger partial charge on any atom is -0.454 e. The average Bonchev–Trinajstić information content (AvgIpc) is 3.74. The number of fused-ring (bicyclic) bond motifs is 7. The molecule has 63 heavy (non-hydrogen) atoms. The molecule has 1 aromatic heterocycles. The van der Waals surface area contributed by atoms with Crippen LogP contribution in [-0.2, 0) is 0 Å². The highest BCUT2D eigenvalue weighted by atomic mass is 16.3. The van der Waals surface area contributed by atoms with Gasteiger partial charge in [-0.05, 0) is 104 Å². The lowest BCUT2D eigenvalue weighted by atomic mass is 9.87. The molecule has 13 rings (SSSR count). The molecule has 0 N–H and O–H groups in total. The molecule has 13 aromatic rings. The molecular formula is C60H38N2O. The van der Waals surface area contributed by atoms with Gasteiger partial charge in [-0.2, -0.15) is 0 Å². The van der Waals surface area contributed by atoms with E-state index in [9.17, 15) is 0 Å². The van der Waals surface area contributed by atoms with Crippen molar-refractivity contribution < 1.29 is 4.42 Å². The largest absolute Gasteiger partial charge is 0.454 e. The fourth-order valence-electron chi connectivity index (χ4n) is 10.1. The fraction of sp³-hybridized carbons (Fsp3) is 0. The van der Waals surface area contributed by atoms with Crippen LogP contribution in [0.3, 0.4) is 0 Å². The lowest BCUT2D eigenvalue weighted by molar-refractivity contribution is 0.669. The number of anilines is 6. The lowest BCUT2D eigenvalue weighted by Crippen LogP contribution is -2.12. The zero-order valence-electron chi connectivity index (χ0n) is 34.2. The van der Waals surface area contributed by atoms with Crippen molar-refractivity contribution in [3.8, 4) is 11.1 Å². The predicted molar refractivity (Wildman–Crippen MR) is 267 cm³/mol. The molecular weight excluding hydrogens is 765 g/mol. The van der Waals surface area contributed by atoms with Gasteiger partial charge in [-0.3, -0.25) is 0 Å². The Morgan fingerprint density at radius 1 is 0.270 bits per heavy atom. The maximum absolute atomic E-state index is 6.82. The van der Waals surface area contributed by atoms with Crippen LogP contribution in [0.5, 0.6) is 0 Å². The Bertz CT molecular complexity index is 3850. The summed E-state index contributed by atoms with van der Waals surface area (Å²) in [6.45, 7) is 0. The molecule has 0 radical (unpaired) electrons. The summed E-state index contributed by atoms with van der Waals surface area (Å²) in [5.74, 6) is 0. The minimum absolute atomic E-state index is 0.858. The monoisotopic (exact) mass is 802 g/mol. The predicted octanol–water partition coefficient (Wildman–Crippen LogP) is 17.4. The molecule has 294 valence electrons. The SMILES string of the molecule is c1ccc(-c2ccc(N(c3cccc4c3oc3ccccc34)c3ccc4ccc5ccc(N(c6ccccc6)c6ccc7ccccc7c6)c6c7ccccc7c3c4c56)cc2)cc1. The van der Waals surface area contributed by atoms with Crippen LogP contribution in [0.15, 0.2) is 235 Å². The molecule has 0 fully saturated rings. The summed E-state index contributed by atoms with van der Waals surface area (Å²) in [4.78, 5) is 4.86. The van der Waals surface area contributed by atoms with Crippen LogP contribution in [0.1, 0.15) is 0 Å². The summed E-state index contributed by atoms with van der Waals surface area (Å²) in [6, 6.07) is 83.5. The van der Waals surface area contributed by atoms with Crippen molar-refractivity contribution in [1.82, 2.24) is 0 Å². The maximum atomic E-state index is 6.82. The average molecular weight is 803 g/mol. The summed E-state index contributed by atoms with van der Waals surface area (Å²) in [6.07, 6.45) is 0. The van der Waals surface area contributed by atoms with Crippen LogP contribution >= 0.6 is 0 Å². The summed E-state index contributed by atoms with van der Waals surface area (Å²) in [5, 5.41) is 14.4. The third-order valence-corrected chi connectivity index (χ3v) is 12.9. The topological polar surface area (TPSA) is 19.6 Å². The van der Waals surface area contributed by atoms with Crippen molar-refractivity contribution in [2.24, 2.45) is 0 Å². The lowest BCUT2D eigenvalue weighted by Gasteiger charge is -2.30. The second-order valence-electron chi connectivity index (χ2n) is 16.4. The van der Waals surface area contributed by atoms with Crippen LogP contribution in [0.2, 0.25) is 0 Å². The van der Waals surface area contributed by atoms with E-state index in [4.69, 9.17) is 4.42 Å². The van der Waals surface area contributed by atoms with E-state index in [1.165, 1.54) is 65.0 Å². The maximum Gasteiger partial charge on any atom is 0.159 e. The molecule has 1 heterocycles. The van der Waals surface area contributed by atoms with Gasteiger partial charge in [-0.15, -0.1) is 0 Å². The van der Waals surface area contributed by atoms with Gasteiger partial charge in [-0.25, -0.2) is 0 Å². The highest BCUT2D eigenvalue weighted by Crippen LogP contribution is 2.52. The molecule has 0 saturated heterocycles. The minimum atomic E-state index is 0.858. The Hall–Kier alpha value is -8.40. The highest BCUT2D eigenvalue weighted by Gasteiger charge is 2.26. The van der Waals surface area contributed by atoms with E-state index in [2.05, 4.69) is 234 Å². The van der Waals surface area contributed by atoms with Gasteiger partial charge in [0, 0.05) is 49.4 Å². The van der Waals surface area contributed by atoms with Gasteiger partial charge in [0.2, 0.25) is 0 Å². The molecule has 0 aliphatic heterocycles. The first kappa shape index (κ1) is 35.4. The van der Waals surface area contributed by atoms with Crippen molar-refractivity contribution in [3.63, 3.8) is 0 Å². The summed E-state index contributed by atoms with van der Waals surface area (Å²) >= 11 is 0. The third-order valence-electron chi connectivity index (χ3n) is 12.9. The van der Waals surface area contributed by atoms with Gasteiger partial charge >= 0.3 is 0 Å². The second kappa shape index (κ2) is 14.1. The normalized spacial score (nSPS) is 11.8. The molecule has 12 aromatic carbocycles. The van der Waals surface area contributed by atoms with Gasteiger partial charge in [-0.1, -0.05) is 170 Å². The van der Waals surface area contributed by atoms with E-state index in [-0.39, 0.29) is 0 Å². The fourth-order valence-corrected chi connectivity index (χ4v) is 10.1. The van der Waals surface area contributed by atoms with Gasteiger partial charge in [0.15, 0.2) is 5.58 Å². The van der Waals surface area contributed by atoms with Gasteiger partial charge in [0.05, 0.1) is 17.1 Å². The Morgan fingerprint density at radius 3 is 1.49 bits per heavy atom. The standard InChI is InChI=1S/C60H38N2O/c1-3-14-39(15-4-1)41-28-33-46(34-29-41)62(54-24-13-23-51-48-20-11-12-25-55(48)63-60(51)54)53-37-32-43-27-26-42-31-36-52(58-49-21-9-10-22-50(49)59(53)57(43)56(42)58)61(45-18-5-2-6-19-45)47-35-30-40-16-7-8-17-44(40)38-47/h1-38H. The first-order valence-corrected chi connectivity index (χ1v) is 21.6. The van der Waals surface area contributed by atoms with E-state index in [1.807, 2.05) is 6.07 Å². The van der Waals surface area contributed by atoms with Gasteiger partial charge in [0.25, 0.3) is 0 Å². The van der Waals surface area contributed by atoms with Crippen molar-refractivity contribution in [2.75, 3.05) is 9.80 Å². The van der Waals surface area contributed by atoms with Crippen molar-refractivity contribution in [1.29, 1.82) is 0 Å². The third kappa shape index (κ3) is 5.53. The van der Waals surface area contributed by atoms with Gasteiger partial charge < -0.3 is 14.2 Å². The van der Waals surface area contributed by atoms with Crippen LogP contribution in [0.25, 0.3) is 86.9 Å². The smallest absolute Gasteiger partial charge is 0.159 e. The van der Waals surface area contributed by atoms with Crippen LogP contribution < -0.4 is 9.80 Å². The van der Waals surface area contributed by atoms with E-state index in [0.717, 1.165) is 56.1 Å². The molecule has 0 unspecified atom stereocenters. The zero-order valence-corrected chi connectivity index (χ0v) is 34.2. The van der Waals surface area contributed by atoms with E-state index < -0.39 is 0 Å². The Labute approximate surface area is 364 Å². The molecule has 0 saturated carbocycles. The Kier molecular flexibility index (Phi) is 7.91. The number of benzene rings is 12. The first-order valence-electron chi connectivity index (χ1n) is 21.6. The zero-order chi connectivity index (χ0) is 41.4. The summed E-state index contributed by atoms with van der Waals surface area (Å²) in [7, 11) is 0. The first-order chi connectivity index (χ1) is 31.3. The van der Waals surface area contributed by atoms with Crippen molar-refractivity contribution in [2.45, 2.75) is 0 Å². The Balaban J connectivity index is 1.13. The summed E-state index contributed by atoms with van der Waals surface area (Å²) < 4.78 is 6.82. The number of rotatable bonds is 7. The van der Waals surface area contributed by atoms with Crippen molar-refractivity contribution in [3.05, 3.63) is 231 Å². The van der Waals surface area contributed by atoms with E-state index in [0.29, 0.717) is 0 Å². The number of hydrogen-bond donors (Lipinski definition) is 0. The molecule has 0 aliphatic carbocycles. The number of nitrogens with zero attached hydrogens (tertiary/aromatic N) is 2. The van der Waals surface area contributed by atoms with E-state index >= 15 is 0 Å². The molecule has 0 bridgehead atoms. The van der Waals surface area contributed by atoms with Crippen molar-refractivity contribution >= 4 is 110 Å². The van der Waals surface area contributed by atoms with E-state index in [1.54, 1.807) is 0 Å². The molecule has 3 heteroatoms. The molecule has 0 amide bonds. The van der Waals surface area contributed by atoms with Gasteiger partial charge in [0.1, 0.15) is 5.58 Å². The number of hydrogen-bond acceptors (Lipinski definition) is 3. The molecule has 3 nitrogen and oxygen atoms in total.